The minimum Gasteiger partial charge on any atom is -0.325 e. The molecule has 5 heteroatoms. The SMILES string of the molecule is CCn1c(S[C@H](C)C(=O)Nc2ccccc2)nc2ccccc21. The minimum absolute atomic E-state index is 0.0177. The van der Waals surface area contributed by atoms with Gasteiger partial charge in [0.15, 0.2) is 5.16 Å². The number of carbonyl (C=O) groups is 1. The Kier molecular flexibility index (Phi) is 4.67. The summed E-state index contributed by atoms with van der Waals surface area (Å²) < 4.78 is 2.15. The van der Waals surface area contributed by atoms with Crippen LogP contribution >= 0.6 is 11.8 Å². The average Bonchev–Trinajstić information content (AvgIpc) is 2.92. The molecule has 23 heavy (non-hydrogen) atoms. The Hall–Kier alpha value is -2.27. The number of aryl methyl sites for hydroxylation is 1. The number of hydrogen-bond donors (Lipinski definition) is 1. The van der Waals surface area contributed by atoms with Crippen molar-refractivity contribution in [2.45, 2.75) is 30.8 Å². The summed E-state index contributed by atoms with van der Waals surface area (Å²) in [5.41, 5.74) is 2.88. The Balaban J connectivity index is 1.77. The average molecular weight is 325 g/mol. The van der Waals surface area contributed by atoms with Crippen molar-refractivity contribution in [1.29, 1.82) is 0 Å². The van der Waals surface area contributed by atoms with Gasteiger partial charge in [0.1, 0.15) is 0 Å². The molecule has 0 aliphatic heterocycles. The Morgan fingerprint density at radius 1 is 1.17 bits per heavy atom. The number of hydrogen-bond acceptors (Lipinski definition) is 3. The number of nitrogens with one attached hydrogen (secondary N) is 1. The maximum absolute atomic E-state index is 12.4. The van der Waals surface area contributed by atoms with Crippen molar-refractivity contribution in [2.75, 3.05) is 5.32 Å². The number of imidazole rings is 1. The largest absolute Gasteiger partial charge is 0.325 e. The number of fused-ring (bicyclic) bond motifs is 1. The van der Waals surface area contributed by atoms with E-state index in [1.807, 2.05) is 55.5 Å². The summed E-state index contributed by atoms with van der Waals surface area (Å²) in [6.07, 6.45) is 0. The molecule has 3 rings (SSSR count). The van der Waals surface area contributed by atoms with E-state index in [-0.39, 0.29) is 11.2 Å². The predicted molar refractivity (Wildman–Crippen MR) is 95.8 cm³/mol. The normalized spacial score (nSPS) is 12.3. The fourth-order valence-electron chi connectivity index (χ4n) is 2.43. The summed E-state index contributed by atoms with van der Waals surface area (Å²) in [5, 5.41) is 3.59. The topological polar surface area (TPSA) is 46.9 Å². The zero-order chi connectivity index (χ0) is 16.2. The van der Waals surface area contributed by atoms with Crippen LogP contribution in [0.4, 0.5) is 5.69 Å². The first-order valence-electron chi connectivity index (χ1n) is 7.67. The molecule has 1 N–H and O–H groups in total. The minimum atomic E-state index is -0.225. The monoisotopic (exact) mass is 325 g/mol. The lowest BCUT2D eigenvalue weighted by atomic mass is 10.3. The van der Waals surface area contributed by atoms with Gasteiger partial charge in [0.05, 0.1) is 16.3 Å². The third-order valence-electron chi connectivity index (χ3n) is 3.63. The van der Waals surface area contributed by atoms with Gasteiger partial charge in [0.2, 0.25) is 5.91 Å². The highest BCUT2D eigenvalue weighted by Crippen LogP contribution is 2.27. The van der Waals surface area contributed by atoms with E-state index in [1.54, 1.807) is 0 Å². The molecule has 118 valence electrons. The highest BCUT2D eigenvalue weighted by Gasteiger charge is 2.19. The Morgan fingerprint density at radius 3 is 2.61 bits per heavy atom. The lowest BCUT2D eigenvalue weighted by molar-refractivity contribution is -0.115. The van der Waals surface area contributed by atoms with Gasteiger partial charge in [-0.1, -0.05) is 42.1 Å². The lowest BCUT2D eigenvalue weighted by Gasteiger charge is -2.12. The van der Waals surface area contributed by atoms with Crippen LogP contribution in [-0.4, -0.2) is 20.7 Å². The van der Waals surface area contributed by atoms with Crippen molar-refractivity contribution < 1.29 is 4.79 Å². The van der Waals surface area contributed by atoms with E-state index in [0.717, 1.165) is 28.4 Å². The maximum atomic E-state index is 12.4. The first-order chi connectivity index (χ1) is 11.2. The van der Waals surface area contributed by atoms with E-state index < -0.39 is 0 Å². The molecule has 0 unspecified atom stereocenters. The van der Waals surface area contributed by atoms with Gasteiger partial charge < -0.3 is 9.88 Å². The van der Waals surface area contributed by atoms with Crippen molar-refractivity contribution in [3.8, 4) is 0 Å². The highest BCUT2D eigenvalue weighted by molar-refractivity contribution is 8.00. The van der Waals surface area contributed by atoms with Crippen LogP contribution in [-0.2, 0) is 11.3 Å². The molecule has 0 aliphatic rings. The molecule has 1 aromatic heterocycles. The second-order valence-corrected chi connectivity index (χ2v) is 6.55. The second-order valence-electron chi connectivity index (χ2n) is 5.24. The zero-order valence-electron chi connectivity index (χ0n) is 13.2. The van der Waals surface area contributed by atoms with Gasteiger partial charge in [0, 0.05) is 12.2 Å². The smallest absolute Gasteiger partial charge is 0.237 e. The van der Waals surface area contributed by atoms with Gasteiger partial charge in [0.25, 0.3) is 0 Å². The number of benzene rings is 2. The van der Waals surface area contributed by atoms with Crippen LogP contribution in [0.2, 0.25) is 0 Å². The van der Waals surface area contributed by atoms with Crippen molar-refractivity contribution >= 4 is 34.4 Å². The molecule has 1 amide bonds. The number of anilines is 1. The molecular formula is C18H19N3OS. The van der Waals surface area contributed by atoms with Crippen molar-refractivity contribution in [1.82, 2.24) is 9.55 Å². The van der Waals surface area contributed by atoms with Crippen LogP contribution < -0.4 is 5.32 Å². The van der Waals surface area contributed by atoms with E-state index in [9.17, 15) is 4.79 Å². The van der Waals surface area contributed by atoms with Crippen LogP contribution in [0.1, 0.15) is 13.8 Å². The molecule has 0 saturated heterocycles. The number of thioether (sulfide) groups is 1. The molecule has 3 aromatic rings. The summed E-state index contributed by atoms with van der Waals surface area (Å²) in [6, 6.07) is 17.6. The quantitative estimate of drug-likeness (QED) is 0.716. The first kappa shape index (κ1) is 15.6. The van der Waals surface area contributed by atoms with Gasteiger partial charge >= 0.3 is 0 Å². The summed E-state index contributed by atoms with van der Waals surface area (Å²) in [5.74, 6) is -0.0177. The summed E-state index contributed by atoms with van der Waals surface area (Å²) >= 11 is 1.49. The fraction of sp³-hybridized carbons (Fsp3) is 0.222. The van der Waals surface area contributed by atoms with Crippen LogP contribution in [0.3, 0.4) is 0 Å². The zero-order valence-corrected chi connectivity index (χ0v) is 14.0. The van der Waals surface area contributed by atoms with Crippen molar-refractivity contribution in [3.05, 3.63) is 54.6 Å². The molecule has 0 saturated carbocycles. The summed E-state index contributed by atoms with van der Waals surface area (Å²) in [4.78, 5) is 17.0. The lowest BCUT2D eigenvalue weighted by Crippen LogP contribution is -2.22. The van der Waals surface area contributed by atoms with E-state index in [1.165, 1.54) is 11.8 Å². The maximum Gasteiger partial charge on any atom is 0.237 e. The molecule has 0 fully saturated rings. The number of carbonyl (C=O) groups excluding carboxylic acids is 1. The van der Waals surface area contributed by atoms with Crippen LogP contribution in [0.25, 0.3) is 11.0 Å². The molecule has 0 bridgehead atoms. The Labute approximate surface area is 139 Å². The van der Waals surface area contributed by atoms with Gasteiger partial charge in [-0.2, -0.15) is 0 Å². The van der Waals surface area contributed by atoms with Crippen LogP contribution in [0.15, 0.2) is 59.8 Å². The molecule has 1 heterocycles. The van der Waals surface area contributed by atoms with E-state index in [2.05, 4.69) is 27.9 Å². The second kappa shape index (κ2) is 6.87. The molecule has 1 atom stereocenters. The standard InChI is InChI=1S/C18H19N3OS/c1-3-21-16-12-8-7-11-15(16)20-18(21)23-13(2)17(22)19-14-9-5-4-6-10-14/h4-13H,3H2,1-2H3,(H,19,22)/t13-/m1/s1. The molecule has 4 nitrogen and oxygen atoms in total. The van der Waals surface area contributed by atoms with Gasteiger partial charge in [-0.3, -0.25) is 4.79 Å². The number of amides is 1. The Bertz CT molecular complexity index is 814. The number of nitrogens with zero attached hydrogens (tertiary/aromatic N) is 2. The molecule has 0 radical (unpaired) electrons. The Morgan fingerprint density at radius 2 is 1.87 bits per heavy atom. The highest BCUT2D eigenvalue weighted by atomic mass is 32.2. The van der Waals surface area contributed by atoms with Crippen LogP contribution in [0.5, 0.6) is 0 Å². The summed E-state index contributed by atoms with van der Waals surface area (Å²) in [7, 11) is 0. The van der Waals surface area contributed by atoms with Gasteiger partial charge in [-0.15, -0.1) is 0 Å². The van der Waals surface area contributed by atoms with E-state index >= 15 is 0 Å². The van der Waals surface area contributed by atoms with Crippen LogP contribution in [0, 0.1) is 0 Å². The number of aromatic nitrogens is 2. The molecule has 0 aliphatic carbocycles. The number of rotatable bonds is 5. The molecular weight excluding hydrogens is 306 g/mol. The third-order valence-corrected chi connectivity index (χ3v) is 4.72. The van der Waals surface area contributed by atoms with Crippen molar-refractivity contribution in [2.24, 2.45) is 0 Å². The summed E-state index contributed by atoms with van der Waals surface area (Å²) in [6.45, 7) is 4.82. The fourth-order valence-corrected chi connectivity index (χ4v) is 3.41. The first-order valence-corrected chi connectivity index (χ1v) is 8.55. The van der Waals surface area contributed by atoms with Gasteiger partial charge in [-0.25, -0.2) is 4.98 Å². The third kappa shape index (κ3) is 3.40. The van der Waals surface area contributed by atoms with E-state index in [4.69, 9.17) is 0 Å². The van der Waals surface area contributed by atoms with E-state index in [0.29, 0.717) is 0 Å². The molecule has 0 spiro atoms. The molecule has 2 aromatic carbocycles. The number of para-hydroxylation sites is 3. The predicted octanol–water partition coefficient (Wildman–Crippen LogP) is 4.18. The van der Waals surface area contributed by atoms with Crippen molar-refractivity contribution in [3.63, 3.8) is 0 Å². The van der Waals surface area contributed by atoms with Gasteiger partial charge in [-0.05, 0) is 38.1 Å².